The van der Waals surface area contributed by atoms with E-state index in [2.05, 4.69) is 15.9 Å². The van der Waals surface area contributed by atoms with Crippen molar-refractivity contribution in [3.05, 3.63) is 28.2 Å². The van der Waals surface area contributed by atoms with Gasteiger partial charge in [-0.1, -0.05) is 35.8 Å². The molecule has 1 nitrogen and oxygen atoms in total. The Labute approximate surface area is 76.7 Å². The second kappa shape index (κ2) is 5.19. The van der Waals surface area contributed by atoms with Gasteiger partial charge in [0, 0.05) is 10.2 Å². The summed E-state index contributed by atoms with van der Waals surface area (Å²) >= 11 is 3.37. The van der Waals surface area contributed by atoms with Gasteiger partial charge in [0.05, 0.1) is 0 Å². The molecule has 1 rings (SSSR count). The number of hydrogen-bond donors (Lipinski definition) is 1. The minimum Gasteiger partial charge on any atom is -0.398 e. The van der Waals surface area contributed by atoms with E-state index >= 15 is 0 Å². The van der Waals surface area contributed by atoms with Crippen molar-refractivity contribution in [2.75, 3.05) is 5.73 Å². The lowest BCUT2D eigenvalue weighted by Crippen LogP contribution is -1.88. The highest BCUT2D eigenvalue weighted by molar-refractivity contribution is 9.10. The molecule has 2 heteroatoms. The number of benzene rings is 1. The van der Waals surface area contributed by atoms with Crippen LogP contribution in [0.5, 0.6) is 0 Å². The van der Waals surface area contributed by atoms with Crippen molar-refractivity contribution in [1.29, 1.82) is 0 Å². The smallest absolute Gasteiger partial charge is 0.0355 e. The third-order valence-corrected chi connectivity index (χ3v) is 2.17. The number of halogens is 1. The van der Waals surface area contributed by atoms with Gasteiger partial charge in [0.25, 0.3) is 0 Å². The zero-order chi connectivity index (χ0) is 8.85. The van der Waals surface area contributed by atoms with E-state index < -0.39 is 0 Å². The second-order valence-electron chi connectivity index (χ2n) is 1.95. The van der Waals surface area contributed by atoms with E-state index in [0.717, 1.165) is 15.7 Å². The summed E-state index contributed by atoms with van der Waals surface area (Å²) in [6.07, 6.45) is 0. The van der Waals surface area contributed by atoms with Gasteiger partial charge >= 0.3 is 0 Å². The summed E-state index contributed by atoms with van der Waals surface area (Å²) < 4.78 is 1.07. The SMILES string of the molecule is CC.Cc1c(N)cccc1Br. The molecule has 0 atom stereocenters. The molecule has 62 valence electrons. The van der Waals surface area contributed by atoms with Gasteiger partial charge < -0.3 is 5.73 Å². The number of nitrogens with two attached hydrogens (primary N) is 1. The molecule has 0 saturated carbocycles. The highest BCUT2D eigenvalue weighted by Crippen LogP contribution is 2.20. The van der Waals surface area contributed by atoms with E-state index in [1.54, 1.807) is 0 Å². The Morgan fingerprint density at radius 2 is 1.82 bits per heavy atom. The summed E-state index contributed by atoms with van der Waals surface area (Å²) in [6.45, 7) is 5.99. The van der Waals surface area contributed by atoms with Crippen LogP contribution in [-0.2, 0) is 0 Å². The van der Waals surface area contributed by atoms with Gasteiger partial charge in [0.1, 0.15) is 0 Å². The maximum atomic E-state index is 5.59. The fourth-order valence-corrected chi connectivity index (χ4v) is 1.01. The van der Waals surface area contributed by atoms with Crippen LogP contribution in [0.1, 0.15) is 19.4 Å². The summed E-state index contributed by atoms with van der Waals surface area (Å²) in [6, 6.07) is 5.79. The van der Waals surface area contributed by atoms with Gasteiger partial charge in [-0.05, 0) is 24.6 Å². The average Bonchev–Trinajstić information content (AvgIpc) is 2.04. The first kappa shape index (κ1) is 10.5. The first-order valence-corrected chi connectivity index (χ1v) is 4.51. The van der Waals surface area contributed by atoms with Crippen LogP contribution in [0.25, 0.3) is 0 Å². The maximum absolute atomic E-state index is 5.59. The molecule has 0 heterocycles. The number of anilines is 1. The van der Waals surface area contributed by atoms with Crippen LogP contribution in [0, 0.1) is 6.92 Å². The van der Waals surface area contributed by atoms with Crippen LogP contribution < -0.4 is 5.73 Å². The normalized spacial score (nSPS) is 8.36. The predicted molar refractivity (Wildman–Crippen MR) is 54.6 cm³/mol. The minimum atomic E-state index is 0.837. The molecule has 0 amide bonds. The Balaban J connectivity index is 0.000000461. The first-order valence-electron chi connectivity index (χ1n) is 3.72. The van der Waals surface area contributed by atoms with Crippen LogP contribution in [0.3, 0.4) is 0 Å². The number of nitrogen functional groups attached to an aromatic ring is 1. The van der Waals surface area contributed by atoms with Crippen LogP contribution in [-0.4, -0.2) is 0 Å². The molecule has 1 aromatic carbocycles. The molecule has 2 N–H and O–H groups in total. The van der Waals surface area contributed by atoms with Gasteiger partial charge in [0.2, 0.25) is 0 Å². The molecule has 0 aliphatic rings. The molecule has 0 aliphatic heterocycles. The zero-order valence-electron chi connectivity index (χ0n) is 7.19. The Morgan fingerprint density at radius 1 is 1.27 bits per heavy atom. The second-order valence-corrected chi connectivity index (χ2v) is 2.81. The van der Waals surface area contributed by atoms with E-state index in [4.69, 9.17) is 5.73 Å². The van der Waals surface area contributed by atoms with Gasteiger partial charge in [-0.3, -0.25) is 0 Å². The van der Waals surface area contributed by atoms with Gasteiger partial charge in [-0.25, -0.2) is 0 Å². The van der Waals surface area contributed by atoms with Gasteiger partial charge in [-0.2, -0.15) is 0 Å². The van der Waals surface area contributed by atoms with E-state index in [0.29, 0.717) is 0 Å². The molecule has 0 aromatic heterocycles. The minimum absolute atomic E-state index is 0.837. The molecule has 0 spiro atoms. The molecule has 0 aliphatic carbocycles. The topological polar surface area (TPSA) is 26.0 Å². The lowest BCUT2D eigenvalue weighted by molar-refractivity contribution is 1.43. The quantitative estimate of drug-likeness (QED) is 0.661. The molecular weight excluding hydrogens is 202 g/mol. The summed E-state index contributed by atoms with van der Waals surface area (Å²) in [5.41, 5.74) is 7.54. The number of hydrogen-bond acceptors (Lipinski definition) is 1. The lowest BCUT2D eigenvalue weighted by atomic mass is 10.2. The molecule has 11 heavy (non-hydrogen) atoms. The maximum Gasteiger partial charge on any atom is 0.0355 e. The van der Waals surface area contributed by atoms with E-state index in [1.165, 1.54) is 0 Å². The van der Waals surface area contributed by atoms with Crippen molar-refractivity contribution in [1.82, 2.24) is 0 Å². The van der Waals surface area contributed by atoms with Crippen LogP contribution in [0.2, 0.25) is 0 Å². The van der Waals surface area contributed by atoms with Crippen molar-refractivity contribution in [3.8, 4) is 0 Å². The highest BCUT2D eigenvalue weighted by atomic mass is 79.9. The fourth-order valence-electron chi connectivity index (χ4n) is 0.624. The van der Waals surface area contributed by atoms with Crippen molar-refractivity contribution in [3.63, 3.8) is 0 Å². The molecule has 1 aromatic rings. The standard InChI is InChI=1S/C7H8BrN.C2H6/c1-5-6(8)3-2-4-7(5)9;1-2/h2-4H,9H2,1H3;1-2H3. The van der Waals surface area contributed by atoms with E-state index in [9.17, 15) is 0 Å². The van der Waals surface area contributed by atoms with E-state index in [-0.39, 0.29) is 0 Å². The zero-order valence-corrected chi connectivity index (χ0v) is 8.77. The highest BCUT2D eigenvalue weighted by Gasteiger charge is 1.94. The summed E-state index contributed by atoms with van der Waals surface area (Å²) in [4.78, 5) is 0. The third-order valence-electron chi connectivity index (χ3n) is 1.31. The molecular formula is C9H14BrN. The summed E-state index contributed by atoms with van der Waals surface area (Å²) in [5.74, 6) is 0. The third kappa shape index (κ3) is 2.93. The average molecular weight is 216 g/mol. The van der Waals surface area contributed by atoms with Crippen LogP contribution in [0.15, 0.2) is 22.7 Å². The molecule has 0 fully saturated rings. The lowest BCUT2D eigenvalue weighted by Gasteiger charge is -1.99. The number of rotatable bonds is 0. The Morgan fingerprint density at radius 3 is 2.18 bits per heavy atom. The largest absolute Gasteiger partial charge is 0.398 e. The Hall–Kier alpha value is -0.500. The van der Waals surface area contributed by atoms with Crippen molar-refractivity contribution in [2.24, 2.45) is 0 Å². The van der Waals surface area contributed by atoms with Crippen molar-refractivity contribution >= 4 is 21.6 Å². The monoisotopic (exact) mass is 215 g/mol. The van der Waals surface area contributed by atoms with Crippen LogP contribution >= 0.6 is 15.9 Å². The summed E-state index contributed by atoms with van der Waals surface area (Å²) in [5, 5.41) is 0. The van der Waals surface area contributed by atoms with Gasteiger partial charge in [-0.15, -0.1) is 0 Å². The van der Waals surface area contributed by atoms with E-state index in [1.807, 2.05) is 39.0 Å². The first-order chi connectivity index (χ1) is 5.22. The molecule has 0 saturated heterocycles. The molecule has 0 unspecified atom stereocenters. The van der Waals surface area contributed by atoms with Crippen molar-refractivity contribution in [2.45, 2.75) is 20.8 Å². The van der Waals surface area contributed by atoms with Crippen LogP contribution in [0.4, 0.5) is 5.69 Å². The Kier molecular flexibility index (Phi) is 4.95. The molecule has 0 radical (unpaired) electrons. The predicted octanol–water partition coefficient (Wildman–Crippen LogP) is 3.37. The van der Waals surface area contributed by atoms with Crippen molar-refractivity contribution < 1.29 is 0 Å². The molecule has 0 bridgehead atoms. The summed E-state index contributed by atoms with van der Waals surface area (Å²) in [7, 11) is 0. The fraction of sp³-hybridized carbons (Fsp3) is 0.333. The Bertz CT molecular complexity index is 201. The van der Waals surface area contributed by atoms with Gasteiger partial charge in [0.15, 0.2) is 0 Å².